The maximum atomic E-state index is 5.59. The number of aromatic nitrogens is 3. The Balaban J connectivity index is 1.78. The van der Waals surface area contributed by atoms with Gasteiger partial charge in [-0.25, -0.2) is 15.0 Å². The molecule has 0 aliphatic carbocycles. The predicted octanol–water partition coefficient (Wildman–Crippen LogP) is 3.26. The molecule has 2 aromatic rings. The second kappa shape index (κ2) is 6.01. The van der Waals surface area contributed by atoms with Crippen LogP contribution in [0.1, 0.15) is 42.8 Å². The fraction of sp³-hybridized carbons (Fsp3) is 0.500. The number of piperidine rings is 1. The number of nitrogens with zero attached hydrogens (tertiary/aromatic N) is 4. The summed E-state index contributed by atoms with van der Waals surface area (Å²) in [5.74, 6) is 2.52. The van der Waals surface area contributed by atoms with Gasteiger partial charge >= 0.3 is 0 Å². The van der Waals surface area contributed by atoms with E-state index in [0.29, 0.717) is 5.89 Å². The Kier molecular flexibility index (Phi) is 4.12. The molecule has 6 heteroatoms. The van der Waals surface area contributed by atoms with E-state index >= 15 is 0 Å². The second-order valence-electron chi connectivity index (χ2n) is 5.09. The Morgan fingerprint density at radius 2 is 2.05 bits per heavy atom. The van der Waals surface area contributed by atoms with Gasteiger partial charge in [0.25, 0.3) is 0 Å². The number of aryl methyl sites for hydroxylation is 1. The summed E-state index contributed by atoms with van der Waals surface area (Å²) in [5.41, 5.74) is 0. The highest BCUT2D eigenvalue weighted by atomic mass is 79.9. The average molecular weight is 337 g/mol. The Morgan fingerprint density at radius 1 is 1.25 bits per heavy atom. The lowest BCUT2D eigenvalue weighted by Gasteiger charge is -2.33. The van der Waals surface area contributed by atoms with Crippen molar-refractivity contribution in [2.24, 2.45) is 0 Å². The highest BCUT2D eigenvalue weighted by molar-refractivity contribution is 9.10. The molecule has 3 rings (SSSR count). The molecule has 1 atom stereocenters. The minimum atomic E-state index is 0.266. The molecule has 3 heterocycles. The zero-order valence-electron chi connectivity index (χ0n) is 11.4. The summed E-state index contributed by atoms with van der Waals surface area (Å²) in [6, 6.07) is 0.266. The van der Waals surface area contributed by atoms with Gasteiger partial charge in [-0.05, 0) is 35.3 Å². The SMILES string of the molecule is Cc1ncc(CN2CCCCC2c2ncc(Br)cn2)o1. The van der Waals surface area contributed by atoms with Crippen LogP contribution in [-0.2, 0) is 6.54 Å². The lowest BCUT2D eigenvalue weighted by molar-refractivity contribution is 0.123. The molecule has 5 nitrogen and oxygen atoms in total. The van der Waals surface area contributed by atoms with Gasteiger partial charge in [0.15, 0.2) is 5.89 Å². The number of oxazole rings is 1. The summed E-state index contributed by atoms with van der Waals surface area (Å²) in [6.07, 6.45) is 8.95. The van der Waals surface area contributed by atoms with Gasteiger partial charge in [-0.15, -0.1) is 0 Å². The molecule has 20 heavy (non-hydrogen) atoms. The Labute approximate surface area is 126 Å². The molecule has 0 aromatic carbocycles. The van der Waals surface area contributed by atoms with Crippen molar-refractivity contribution in [3.8, 4) is 0 Å². The van der Waals surface area contributed by atoms with Gasteiger partial charge in [0.1, 0.15) is 11.6 Å². The van der Waals surface area contributed by atoms with Gasteiger partial charge in [-0.1, -0.05) is 6.42 Å². The van der Waals surface area contributed by atoms with Crippen LogP contribution in [0.5, 0.6) is 0 Å². The maximum absolute atomic E-state index is 5.59. The minimum absolute atomic E-state index is 0.266. The summed E-state index contributed by atoms with van der Waals surface area (Å²) < 4.78 is 6.50. The predicted molar refractivity (Wildman–Crippen MR) is 78.0 cm³/mol. The van der Waals surface area contributed by atoms with Crippen molar-refractivity contribution in [2.75, 3.05) is 6.54 Å². The molecule has 0 N–H and O–H groups in total. The molecule has 1 aliphatic rings. The van der Waals surface area contributed by atoms with Crippen LogP contribution in [0.15, 0.2) is 27.5 Å². The smallest absolute Gasteiger partial charge is 0.191 e. The molecule has 0 spiro atoms. The van der Waals surface area contributed by atoms with E-state index < -0.39 is 0 Å². The van der Waals surface area contributed by atoms with Crippen LogP contribution in [0.4, 0.5) is 0 Å². The molecule has 0 radical (unpaired) electrons. The topological polar surface area (TPSA) is 55.1 Å². The van der Waals surface area contributed by atoms with Crippen LogP contribution in [0.3, 0.4) is 0 Å². The highest BCUT2D eigenvalue weighted by Crippen LogP contribution is 2.30. The molecular weight excluding hydrogens is 320 g/mol. The van der Waals surface area contributed by atoms with Gasteiger partial charge in [0.05, 0.1) is 23.3 Å². The second-order valence-corrected chi connectivity index (χ2v) is 6.00. The van der Waals surface area contributed by atoms with Crippen molar-refractivity contribution in [1.82, 2.24) is 19.9 Å². The monoisotopic (exact) mass is 336 g/mol. The van der Waals surface area contributed by atoms with Crippen LogP contribution in [0.2, 0.25) is 0 Å². The van der Waals surface area contributed by atoms with E-state index in [2.05, 4.69) is 35.8 Å². The molecule has 1 aliphatic heterocycles. The molecule has 1 unspecified atom stereocenters. The fourth-order valence-electron chi connectivity index (χ4n) is 2.65. The summed E-state index contributed by atoms with van der Waals surface area (Å²) in [7, 11) is 0. The van der Waals surface area contributed by atoms with E-state index in [1.165, 1.54) is 12.8 Å². The number of likely N-dealkylation sites (tertiary alicyclic amines) is 1. The van der Waals surface area contributed by atoms with Gasteiger partial charge in [0, 0.05) is 19.3 Å². The van der Waals surface area contributed by atoms with E-state index in [1.807, 2.05) is 25.5 Å². The maximum Gasteiger partial charge on any atom is 0.191 e. The Hall–Kier alpha value is -1.27. The van der Waals surface area contributed by atoms with E-state index in [9.17, 15) is 0 Å². The average Bonchev–Trinajstić information content (AvgIpc) is 2.86. The van der Waals surface area contributed by atoms with Crippen LogP contribution in [0.25, 0.3) is 0 Å². The lowest BCUT2D eigenvalue weighted by Crippen LogP contribution is -2.33. The Bertz CT molecular complexity index is 569. The first-order valence-corrected chi connectivity index (χ1v) is 7.64. The number of hydrogen-bond acceptors (Lipinski definition) is 5. The van der Waals surface area contributed by atoms with Crippen molar-refractivity contribution in [2.45, 2.75) is 38.8 Å². The molecule has 106 valence electrons. The summed E-state index contributed by atoms with van der Waals surface area (Å²) >= 11 is 3.38. The van der Waals surface area contributed by atoms with Crippen molar-refractivity contribution < 1.29 is 4.42 Å². The molecule has 1 fully saturated rings. The van der Waals surface area contributed by atoms with Gasteiger partial charge in [-0.2, -0.15) is 0 Å². The molecule has 2 aromatic heterocycles. The van der Waals surface area contributed by atoms with Gasteiger partial charge < -0.3 is 4.42 Å². The summed E-state index contributed by atoms with van der Waals surface area (Å²) in [6.45, 7) is 3.68. The van der Waals surface area contributed by atoms with E-state index in [1.54, 1.807) is 0 Å². The minimum Gasteiger partial charge on any atom is -0.445 e. The normalized spacial score (nSPS) is 20.2. The van der Waals surface area contributed by atoms with Crippen molar-refractivity contribution >= 4 is 15.9 Å². The van der Waals surface area contributed by atoms with Crippen molar-refractivity contribution in [3.05, 3.63) is 40.5 Å². The zero-order valence-corrected chi connectivity index (χ0v) is 13.0. The third kappa shape index (κ3) is 3.07. The van der Waals surface area contributed by atoms with E-state index in [0.717, 1.165) is 35.6 Å². The summed E-state index contributed by atoms with van der Waals surface area (Å²) in [4.78, 5) is 15.4. The van der Waals surface area contributed by atoms with Crippen molar-refractivity contribution in [1.29, 1.82) is 0 Å². The molecule has 1 saturated heterocycles. The molecule has 0 saturated carbocycles. The molecular formula is C14H17BrN4O. The standard InChI is InChI=1S/C14H17BrN4O/c1-10-16-8-12(20-10)9-19-5-3-2-4-13(19)14-17-6-11(15)7-18-14/h6-8,13H,2-5,9H2,1H3. The van der Waals surface area contributed by atoms with Crippen LogP contribution in [0, 0.1) is 6.92 Å². The first-order valence-electron chi connectivity index (χ1n) is 6.85. The van der Waals surface area contributed by atoms with Crippen molar-refractivity contribution in [3.63, 3.8) is 0 Å². The number of rotatable bonds is 3. The third-order valence-electron chi connectivity index (χ3n) is 3.58. The summed E-state index contributed by atoms with van der Waals surface area (Å²) in [5, 5.41) is 0. The van der Waals surface area contributed by atoms with Crippen LogP contribution >= 0.6 is 15.9 Å². The largest absolute Gasteiger partial charge is 0.445 e. The van der Waals surface area contributed by atoms with Gasteiger partial charge in [0.2, 0.25) is 0 Å². The molecule has 0 bridgehead atoms. The Morgan fingerprint density at radius 3 is 2.75 bits per heavy atom. The number of halogens is 1. The van der Waals surface area contributed by atoms with E-state index in [-0.39, 0.29) is 6.04 Å². The lowest BCUT2D eigenvalue weighted by atomic mass is 10.0. The van der Waals surface area contributed by atoms with Crippen LogP contribution < -0.4 is 0 Å². The number of hydrogen-bond donors (Lipinski definition) is 0. The fourth-order valence-corrected chi connectivity index (χ4v) is 2.85. The van der Waals surface area contributed by atoms with Gasteiger partial charge in [-0.3, -0.25) is 4.90 Å². The first-order chi connectivity index (χ1) is 9.72. The van der Waals surface area contributed by atoms with Crippen LogP contribution in [-0.4, -0.2) is 26.4 Å². The first kappa shape index (κ1) is 13.7. The molecule has 0 amide bonds. The zero-order chi connectivity index (χ0) is 13.9. The third-order valence-corrected chi connectivity index (χ3v) is 3.99. The quantitative estimate of drug-likeness (QED) is 0.860. The highest BCUT2D eigenvalue weighted by Gasteiger charge is 2.26. The van der Waals surface area contributed by atoms with E-state index in [4.69, 9.17) is 4.42 Å².